The number of anilines is 1. The van der Waals surface area contributed by atoms with Crippen LogP contribution in [-0.2, 0) is 0 Å². The molecule has 0 bridgehead atoms. The Kier molecular flexibility index (Phi) is 2.91. The molecule has 3 aromatic rings. The summed E-state index contributed by atoms with van der Waals surface area (Å²) >= 11 is 0. The molecule has 3 nitrogen and oxygen atoms in total. The van der Waals surface area contributed by atoms with E-state index >= 15 is 0 Å². The smallest absolute Gasteiger partial charge is 0.195 e. The second kappa shape index (κ2) is 4.74. The molecule has 0 radical (unpaired) electrons. The number of nitrogen functional groups attached to an aromatic ring is 1. The minimum Gasteiger partial charge on any atom is -0.396 e. The molecule has 1 heterocycles. The number of carbonyl (C=O) groups is 1. The summed E-state index contributed by atoms with van der Waals surface area (Å²) in [5, 5.41) is 0.941. The Bertz CT molecular complexity index is 814. The Morgan fingerprint density at radius 3 is 2.80 bits per heavy atom. The van der Waals surface area contributed by atoms with Crippen molar-refractivity contribution in [1.82, 2.24) is 4.98 Å². The van der Waals surface area contributed by atoms with E-state index in [4.69, 9.17) is 5.73 Å². The van der Waals surface area contributed by atoms with E-state index in [0.717, 1.165) is 5.39 Å². The van der Waals surface area contributed by atoms with Crippen LogP contribution in [0.4, 0.5) is 10.1 Å². The summed E-state index contributed by atoms with van der Waals surface area (Å²) in [6.45, 7) is 0. The first-order valence-corrected chi connectivity index (χ1v) is 6.10. The molecule has 2 N–H and O–H groups in total. The van der Waals surface area contributed by atoms with Gasteiger partial charge in [0.05, 0.1) is 11.2 Å². The molecule has 3 rings (SSSR count). The van der Waals surface area contributed by atoms with E-state index in [-0.39, 0.29) is 17.0 Å². The number of nitrogens with zero attached hydrogens (tertiary/aromatic N) is 1. The average Bonchev–Trinajstić information content (AvgIpc) is 2.49. The van der Waals surface area contributed by atoms with E-state index in [9.17, 15) is 9.18 Å². The number of halogens is 1. The van der Waals surface area contributed by atoms with Gasteiger partial charge in [-0.2, -0.15) is 0 Å². The fraction of sp³-hybridized carbons (Fsp3) is 0. The van der Waals surface area contributed by atoms with Gasteiger partial charge in [0, 0.05) is 22.7 Å². The van der Waals surface area contributed by atoms with E-state index in [1.807, 2.05) is 18.2 Å². The summed E-state index contributed by atoms with van der Waals surface area (Å²) < 4.78 is 13.4. The zero-order valence-corrected chi connectivity index (χ0v) is 10.5. The second-order valence-electron chi connectivity index (χ2n) is 4.44. The van der Waals surface area contributed by atoms with Gasteiger partial charge in [-0.25, -0.2) is 4.39 Å². The quantitative estimate of drug-likeness (QED) is 0.572. The van der Waals surface area contributed by atoms with Crippen molar-refractivity contribution in [2.45, 2.75) is 0 Å². The summed E-state index contributed by atoms with van der Waals surface area (Å²) in [5.74, 6) is -0.899. The lowest BCUT2D eigenvalue weighted by Gasteiger charge is -2.06. The van der Waals surface area contributed by atoms with Crippen LogP contribution in [0, 0.1) is 5.82 Å². The lowest BCUT2D eigenvalue weighted by atomic mass is 10.0. The normalized spacial score (nSPS) is 10.7. The lowest BCUT2D eigenvalue weighted by molar-refractivity contribution is 0.103. The van der Waals surface area contributed by atoms with Crippen LogP contribution in [0.1, 0.15) is 15.9 Å². The Morgan fingerprint density at radius 1 is 1.10 bits per heavy atom. The molecule has 1 aromatic heterocycles. The zero-order chi connectivity index (χ0) is 14.1. The van der Waals surface area contributed by atoms with Gasteiger partial charge in [0.15, 0.2) is 5.78 Å². The number of para-hydroxylation sites is 1. The van der Waals surface area contributed by atoms with E-state index in [1.54, 1.807) is 18.3 Å². The van der Waals surface area contributed by atoms with Gasteiger partial charge >= 0.3 is 0 Å². The van der Waals surface area contributed by atoms with Crippen molar-refractivity contribution in [3.8, 4) is 0 Å². The van der Waals surface area contributed by atoms with Gasteiger partial charge in [-0.15, -0.1) is 0 Å². The lowest BCUT2D eigenvalue weighted by Crippen LogP contribution is -2.07. The summed E-state index contributed by atoms with van der Waals surface area (Å²) in [6, 6.07) is 13.1. The van der Waals surface area contributed by atoms with E-state index in [2.05, 4.69) is 4.98 Å². The number of hydrogen-bond acceptors (Lipinski definition) is 3. The summed E-state index contributed by atoms with van der Waals surface area (Å²) in [6.07, 6.45) is 1.66. The number of aromatic nitrogens is 1. The third kappa shape index (κ3) is 2.01. The van der Waals surface area contributed by atoms with Crippen molar-refractivity contribution in [2.75, 3.05) is 5.73 Å². The first-order chi connectivity index (χ1) is 9.66. The van der Waals surface area contributed by atoms with Gasteiger partial charge in [-0.05, 0) is 24.3 Å². The van der Waals surface area contributed by atoms with Crippen LogP contribution in [0.15, 0.2) is 54.7 Å². The van der Waals surface area contributed by atoms with E-state index in [1.165, 1.54) is 18.2 Å². The predicted molar refractivity (Wildman–Crippen MR) is 76.0 cm³/mol. The van der Waals surface area contributed by atoms with Gasteiger partial charge in [0.2, 0.25) is 0 Å². The van der Waals surface area contributed by atoms with Crippen molar-refractivity contribution >= 4 is 22.4 Å². The van der Waals surface area contributed by atoms with Crippen LogP contribution >= 0.6 is 0 Å². The third-order valence-electron chi connectivity index (χ3n) is 3.17. The number of fused-ring (bicyclic) bond motifs is 1. The fourth-order valence-electron chi connectivity index (χ4n) is 2.10. The van der Waals surface area contributed by atoms with Crippen molar-refractivity contribution < 1.29 is 9.18 Å². The molecule has 0 aliphatic heterocycles. The van der Waals surface area contributed by atoms with E-state index in [0.29, 0.717) is 11.1 Å². The van der Waals surface area contributed by atoms with Gasteiger partial charge in [0.1, 0.15) is 5.82 Å². The molecule has 0 aliphatic carbocycles. The first kappa shape index (κ1) is 12.3. The highest BCUT2D eigenvalue weighted by molar-refractivity contribution is 6.13. The van der Waals surface area contributed by atoms with Crippen molar-refractivity contribution in [1.29, 1.82) is 0 Å². The summed E-state index contributed by atoms with van der Waals surface area (Å²) in [7, 11) is 0. The highest BCUT2D eigenvalue weighted by Crippen LogP contribution is 2.21. The maximum absolute atomic E-state index is 13.4. The molecule has 0 atom stereocenters. The van der Waals surface area contributed by atoms with Crippen molar-refractivity contribution in [3.05, 3.63) is 71.7 Å². The van der Waals surface area contributed by atoms with Crippen LogP contribution in [0.5, 0.6) is 0 Å². The molecule has 0 aliphatic rings. The Morgan fingerprint density at radius 2 is 1.95 bits per heavy atom. The molecule has 4 heteroatoms. The summed E-state index contributed by atoms with van der Waals surface area (Å²) in [4.78, 5) is 16.6. The van der Waals surface area contributed by atoms with Crippen molar-refractivity contribution in [3.63, 3.8) is 0 Å². The van der Waals surface area contributed by atoms with Crippen LogP contribution in [0.25, 0.3) is 10.9 Å². The Balaban J connectivity index is 2.10. The first-order valence-electron chi connectivity index (χ1n) is 6.10. The number of rotatable bonds is 2. The molecular weight excluding hydrogens is 255 g/mol. The molecule has 0 saturated carbocycles. The molecule has 0 amide bonds. The van der Waals surface area contributed by atoms with Crippen LogP contribution in [0.2, 0.25) is 0 Å². The number of carbonyl (C=O) groups excluding carboxylic acids is 1. The maximum Gasteiger partial charge on any atom is 0.195 e. The maximum atomic E-state index is 13.4. The third-order valence-corrected chi connectivity index (χ3v) is 3.17. The monoisotopic (exact) mass is 266 g/mol. The second-order valence-corrected chi connectivity index (χ2v) is 4.44. The SMILES string of the molecule is Nc1c(F)cccc1C(=O)c1ccc2cccnc2c1. The minimum atomic E-state index is -0.588. The van der Waals surface area contributed by atoms with Crippen LogP contribution < -0.4 is 5.73 Å². The topological polar surface area (TPSA) is 56.0 Å². The fourth-order valence-corrected chi connectivity index (χ4v) is 2.10. The Labute approximate surface area is 114 Å². The zero-order valence-electron chi connectivity index (χ0n) is 10.5. The number of hydrogen-bond donors (Lipinski definition) is 1. The highest BCUT2D eigenvalue weighted by atomic mass is 19.1. The molecule has 0 saturated heterocycles. The number of nitrogens with two attached hydrogens (primary N) is 1. The number of benzene rings is 2. The van der Waals surface area contributed by atoms with Gasteiger partial charge in [0.25, 0.3) is 0 Å². The van der Waals surface area contributed by atoms with Crippen LogP contribution in [-0.4, -0.2) is 10.8 Å². The average molecular weight is 266 g/mol. The largest absolute Gasteiger partial charge is 0.396 e. The number of pyridine rings is 1. The van der Waals surface area contributed by atoms with Gasteiger partial charge in [-0.3, -0.25) is 9.78 Å². The molecular formula is C16H11FN2O. The summed E-state index contributed by atoms with van der Waals surface area (Å²) in [5.41, 5.74) is 6.82. The molecule has 98 valence electrons. The molecule has 0 fully saturated rings. The predicted octanol–water partition coefficient (Wildman–Crippen LogP) is 3.19. The van der Waals surface area contributed by atoms with Crippen molar-refractivity contribution in [2.24, 2.45) is 0 Å². The molecule has 0 unspecified atom stereocenters. The Hall–Kier alpha value is -2.75. The molecule has 20 heavy (non-hydrogen) atoms. The van der Waals surface area contributed by atoms with E-state index < -0.39 is 5.82 Å². The standard InChI is InChI=1S/C16H11FN2O/c17-13-5-1-4-12(15(13)18)16(20)11-7-6-10-3-2-8-19-14(10)9-11/h1-9H,18H2. The van der Waals surface area contributed by atoms with Gasteiger partial charge < -0.3 is 5.73 Å². The minimum absolute atomic E-state index is 0.126. The van der Waals surface area contributed by atoms with Crippen LogP contribution in [0.3, 0.4) is 0 Å². The number of ketones is 1. The highest BCUT2D eigenvalue weighted by Gasteiger charge is 2.15. The van der Waals surface area contributed by atoms with Gasteiger partial charge in [-0.1, -0.05) is 24.3 Å². The molecule has 0 spiro atoms. The molecule has 2 aromatic carbocycles.